The van der Waals surface area contributed by atoms with Crippen molar-refractivity contribution < 1.29 is 22.9 Å². The van der Waals surface area contributed by atoms with E-state index < -0.39 is 0 Å². The molecule has 0 atom stereocenters. The van der Waals surface area contributed by atoms with E-state index in [4.69, 9.17) is 13.7 Å². The van der Waals surface area contributed by atoms with Crippen LogP contribution in [0.1, 0.15) is 26.8 Å². The standard InChI is InChI=1S/C25H20FN3O4S/c1-13-22(14(2)33-29-13)17-11-20-18(10-19(17)31-12-21-28-8-9-34-21)23(25(30)27-3)24(32-20)15-4-6-16(26)7-5-15/h4-11H,12H2,1-3H3,(H,27,30). The molecule has 1 N–H and O–H groups in total. The van der Waals surface area contributed by atoms with Crippen LogP contribution >= 0.6 is 11.3 Å². The van der Waals surface area contributed by atoms with Crippen LogP contribution in [0.15, 0.2) is 56.9 Å². The van der Waals surface area contributed by atoms with Crippen molar-refractivity contribution in [2.24, 2.45) is 0 Å². The smallest absolute Gasteiger partial charge is 0.255 e. The van der Waals surface area contributed by atoms with Crippen LogP contribution in [-0.2, 0) is 6.61 Å². The summed E-state index contributed by atoms with van der Waals surface area (Å²) in [6.45, 7) is 3.94. The Morgan fingerprint density at radius 2 is 2.00 bits per heavy atom. The minimum Gasteiger partial charge on any atom is -0.486 e. The Bertz CT molecular complexity index is 1470. The largest absolute Gasteiger partial charge is 0.486 e. The van der Waals surface area contributed by atoms with Gasteiger partial charge in [-0.05, 0) is 50.2 Å². The van der Waals surface area contributed by atoms with Crippen LogP contribution in [0.5, 0.6) is 5.75 Å². The van der Waals surface area contributed by atoms with Gasteiger partial charge in [0.1, 0.15) is 40.3 Å². The predicted molar refractivity (Wildman–Crippen MR) is 126 cm³/mol. The molecule has 0 bridgehead atoms. The van der Waals surface area contributed by atoms with Gasteiger partial charge in [0.25, 0.3) is 5.91 Å². The van der Waals surface area contributed by atoms with Gasteiger partial charge in [-0.1, -0.05) is 5.16 Å². The van der Waals surface area contributed by atoms with Crippen molar-refractivity contribution in [3.63, 3.8) is 0 Å². The Balaban J connectivity index is 1.74. The lowest BCUT2D eigenvalue weighted by molar-refractivity contribution is 0.0964. The number of carbonyl (C=O) groups excluding carboxylic acids is 1. The molecular formula is C25H20FN3O4S. The quantitative estimate of drug-likeness (QED) is 0.327. The van der Waals surface area contributed by atoms with Gasteiger partial charge in [-0.3, -0.25) is 4.79 Å². The minimum absolute atomic E-state index is 0.261. The zero-order valence-electron chi connectivity index (χ0n) is 18.6. The van der Waals surface area contributed by atoms with Crippen molar-refractivity contribution in [3.8, 4) is 28.2 Å². The molecule has 0 spiro atoms. The molecule has 5 aromatic rings. The van der Waals surface area contributed by atoms with Crippen LogP contribution in [0.4, 0.5) is 4.39 Å². The minimum atomic E-state index is -0.375. The number of rotatable bonds is 6. The van der Waals surface area contributed by atoms with Crippen molar-refractivity contribution in [1.82, 2.24) is 15.5 Å². The van der Waals surface area contributed by atoms with Crippen molar-refractivity contribution in [2.45, 2.75) is 20.5 Å². The molecule has 0 fully saturated rings. The number of fused-ring (bicyclic) bond motifs is 1. The number of ether oxygens (including phenoxy) is 1. The highest BCUT2D eigenvalue weighted by Gasteiger charge is 2.25. The molecule has 3 aromatic heterocycles. The maximum Gasteiger partial charge on any atom is 0.255 e. The van der Waals surface area contributed by atoms with Gasteiger partial charge in [0.2, 0.25) is 0 Å². The topological polar surface area (TPSA) is 90.4 Å². The fraction of sp³-hybridized carbons (Fsp3) is 0.160. The van der Waals surface area contributed by atoms with Crippen LogP contribution < -0.4 is 10.1 Å². The first-order valence-electron chi connectivity index (χ1n) is 10.5. The zero-order chi connectivity index (χ0) is 23.8. The Labute approximate surface area is 198 Å². The van der Waals surface area contributed by atoms with Crippen molar-refractivity contribution >= 4 is 28.2 Å². The van der Waals surface area contributed by atoms with Gasteiger partial charge in [-0.2, -0.15) is 0 Å². The molecule has 2 aromatic carbocycles. The number of benzene rings is 2. The lowest BCUT2D eigenvalue weighted by Gasteiger charge is -2.11. The fourth-order valence-corrected chi connectivity index (χ4v) is 4.45. The molecule has 0 radical (unpaired) electrons. The number of hydrogen-bond acceptors (Lipinski definition) is 7. The molecule has 0 aliphatic heterocycles. The highest BCUT2D eigenvalue weighted by molar-refractivity contribution is 7.09. The molecule has 0 aliphatic rings. The Kier molecular flexibility index (Phi) is 5.62. The van der Waals surface area contributed by atoms with E-state index in [0.717, 1.165) is 16.1 Å². The summed E-state index contributed by atoms with van der Waals surface area (Å²) in [5, 5.41) is 10.0. The monoisotopic (exact) mass is 477 g/mol. The second kappa shape index (κ2) is 8.75. The third-order valence-corrected chi connectivity index (χ3v) is 6.24. The molecule has 7 nitrogen and oxygen atoms in total. The number of thiazole rings is 1. The van der Waals surface area contributed by atoms with Crippen LogP contribution in [0.2, 0.25) is 0 Å². The molecule has 1 amide bonds. The van der Waals surface area contributed by atoms with E-state index >= 15 is 0 Å². The van der Waals surface area contributed by atoms with Crippen molar-refractivity contribution in [3.05, 3.63) is 75.8 Å². The summed E-state index contributed by atoms with van der Waals surface area (Å²) < 4.78 is 31.3. The SMILES string of the molecule is CNC(=O)c1c(-c2ccc(F)cc2)oc2cc(-c3c(C)noc3C)c(OCc3nccs3)cc12. The fourth-order valence-electron chi connectivity index (χ4n) is 3.92. The number of nitrogens with one attached hydrogen (secondary N) is 1. The molecule has 0 aliphatic carbocycles. The number of furan rings is 1. The number of carbonyl (C=O) groups is 1. The second-order valence-corrected chi connectivity index (χ2v) is 8.63. The first-order chi connectivity index (χ1) is 16.5. The van der Waals surface area contributed by atoms with E-state index in [1.54, 1.807) is 31.4 Å². The van der Waals surface area contributed by atoms with Gasteiger partial charge in [0.15, 0.2) is 0 Å². The average Bonchev–Trinajstić information content (AvgIpc) is 3.56. The summed E-state index contributed by atoms with van der Waals surface area (Å²) in [7, 11) is 1.55. The van der Waals surface area contributed by atoms with E-state index in [1.165, 1.54) is 23.5 Å². The van der Waals surface area contributed by atoms with Crippen molar-refractivity contribution in [2.75, 3.05) is 7.05 Å². The van der Waals surface area contributed by atoms with Gasteiger partial charge >= 0.3 is 0 Å². The molecule has 0 saturated heterocycles. The first kappa shape index (κ1) is 21.8. The van der Waals surface area contributed by atoms with E-state index in [-0.39, 0.29) is 18.3 Å². The Morgan fingerprint density at radius 3 is 2.65 bits per heavy atom. The van der Waals surface area contributed by atoms with E-state index in [0.29, 0.717) is 45.1 Å². The average molecular weight is 478 g/mol. The highest BCUT2D eigenvalue weighted by atomic mass is 32.1. The summed E-state index contributed by atoms with van der Waals surface area (Å²) >= 11 is 1.49. The number of nitrogens with zero attached hydrogens (tertiary/aromatic N) is 2. The third-order valence-electron chi connectivity index (χ3n) is 5.49. The summed E-state index contributed by atoms with van der Waals surface area (Å²) in [5.41, 5.74) is 3.62. The number of halogens is 1. The lowest BCUT2D eigenvalue weighted by atomic mass is 9.99. The van der Waals surface area contributed by atoms with E-state index in [2.05, 4.69) is 15.5 Å². The first-order valence-corrected chi connectivity index (χ1v) is 11.4. The van der Waals surface area contributed by atoms with Gasteiger partial charge in [-0.15, -0.1) is 11.3 Å². The van der Waals surface area contributed by atoms with Crippen LogP contribution in [0.3, 0.4) is 0 Å². The molecule has 5 rings (SSSR count). The molecular weight excluding hydrogens is 457 g/mol. The van der Waals surface area contributed by atoms with Crippen LogP contribution in [0.25, 0.3) is 33.4 Å². The van der Waals surface area contributed by atoms with Gasteiger partial charge in [0, 0.05) is 35.1 Å². The second-order valence-electron chi connectivity index (χ2n) is 7.65. The Hall–Kier alpha value is -3.98. The summed E-state index contributed by atoms with van der Waals surface area (Å²) in [5.74, 6) is 0.812. The maximum absolute atomic E-state index is 13.5. The van der Waals surface area contributed by atoms with Gasteiger partial charge in [0.05, 0.1) is 16.8 Å². The summed E-state index contributed by atoms with van der Waals surface area (Å²) in [6, 6.07) is 9.41. The Morgan fingerprint density at radius 1 is 1.21 bits per heavy atom. The number of aryl methyl sites for hydroxylation is 2. The van der Waals surface area contributed by atoms with Crippen LogP contribution in [0, 0.1) is 19.7 Å². The zero-order valence-corrected chi connectivity index (χ0v) is 19.5. The molecule has 0 saturated carbocycles. The number of amides is 1. The maximum atomic E-state index is 13.5. The normalized spacial score (nSPS) is 11.2. The molecule has 172 valence electrons. The number of hydrogen-bond donors (Lipinski definition) is 1. The highest BCUT2D eigenvalue weighted by Crippen LogP contribution is 2.42. The third kappa shape index (κ3) is 3.84. The molecule has 34 heavy (non-hydrogen) atoms. The van der Waals surface area contributed by atoms with Gasteiger partial charge in [-0.25, -0.2) is 9.37 Å². The van der Waals surface area contributed by atoms with Crippen LogP contribution in [-0.4, -0.2) is 23.1 Å². The van der Waals surface area contributed by atoms with Crippen molar-refractivity contribution in [1.29, 1.82) is 0 Å². The lowest BCUT2D eigenvalue weighted by Crippen LogP contribution is -2.18. The number of aromatic nitrogens is 2. The summed E-state index contributed by atoms with van der Waals surface area (Å²) in [4.78, 5) is 17.2. The molecule has 3 heterocycles. The molecule has 0 unspecified atom stereocenters. The van der Waals surface area contributed by atoms with E-state index in [9.17, 15) is 9.18 Å². The predicted octanol–water partition coefficient (Wildman–Crippen LogP) is 5.91. The van der Waals surface area contributed by atoms with E-state index in [1.807, 2.05) is 25.3 Å². The summed E-state index contributed by atoms with van der Waals surface area (Å²) in [6.07, 6.45) is 1.72. The van der Waals surface area contributed by atoms with Gasteiger partial charge < -0.3 is 19.0 Å². The molecule has 9 heteroatoms.